The summed E-state index contributed by atoms with van der Waals surface area (Å²) in [6.07, 6.45) is 0.735. The van der Waals surface area contributed by atoms with Crippen LogP contribution >= 0.6 is 27.5 Å². The van der Waals surface area contributed by atoms with Gasteiger partial charge in [0, 0.05) is 17.3 Å². The minimum atomic E-state index is -0.230. The first kappa shape index (κ1) is 16.0. The molecule has 0 saturated heterocycles. The monoisotopic (exact) mass is 367 g/mol. The van der Waals surface area contributed by atoms with Gasteiger partial charge < -0.3 is 10.1 Å². The number of ether oxygens (including phenoxy) is 1. The van der Waals surface area contributed by atoms with Crippen molar-refractivity contribution in [2.45, 2.75) is 6.42 Å². The Morgan fingerprint density at radius 1 is 1.29 bits per heavy atom. The van der Waals surface area contributed by atoms with Crippen molar-refractivity contribution in [1.29, 1.82) is 0 Å². The van der Waals surface area contributed by atoms with Crippen LogP contribution in [0.15, 0.2) is 46.9 Å². The standard InChI is InChI=1S/C16H15BrClNO2/c1-21-9-8-11-4-2-3-5-15(11)19-16(20)13-10-12(17)6-7-14(13)18/h2-7,10H,8-9H2,1H3,(H,19,20). The molecule has 0 bridgehead atoms. The van der Waals surface area contributed by atoms with Gasteiger partial charge in [-0.25, -0.2) is 0 Å². The summed E-state index contributed by atoms with van der Waals surface area (Å²) in [7, 11) is 1.66. The number of carbonyl (C=O) groups excluding carboxylic acids is 1. The molecule has 0 saturated carbocycles. The zero-order valence-corrected chi connectivity index (χ0v) is 13.9. The van der Waals surface area contributed by atoms with Crippen LogP contribution in [-0.2, 0) is 11.2 Å². The minimum absolute atomic E-state index is 0.230. The maximum atomic E-state index is 12.4. The Kier molecular flexibility index (Phi) is 5.79. The van der Waals surface area contributed by atoms with E-state index in [1.165, 1.54) is 0 Å². The highest BCUT2D eigenvalue weighted by Crippen LogP contribution is 2.23. The molecule has 2 aromatic carbocycles. The van der Waals surface area contributed by atoms with Crippen molar-refractivity contribution in [3.8, 4) is 0 Å². The fourth-order valence-electron chi connectivity index (χ4n) is 1.93. The van der Waals surface area contributed by atoms with Crippen LogP contribution in [0.3, 0.4) is 0 Å². The molecule has 0 fully saturated rings. The van der Waals surface area contributed by atoms with Gasteiger partial charge in [-0.15, -0.1) is 0 Å². The van der Waals surface area contributed by atoms with Crippen molar-refractivity contribution < 1.29 is 9.53 Å². The molecule has 0 aliphatic heterocycles. The molecule has 0 aliphatic carbocycles. The van der Waals surface area contributed by atoms with E-state index in [2.05, 4.69) is 21.2 Å². The van der Waals surface area contributed by atoms with Gasteiger partial charge >= 0.3 is 0 Å². The van der Waals surface area contributed by atoms with E-state index in [4.69, 9.17) is 16.3 Å². The SMILES string of the molecule is COCCc1ccccc1NC(=O)c1cc(Br)ccc1Cl. The van der Waals surface area contributed by atoms with Crippen LogP contribution in [0, 0.1) is 0 Å². The number of methoxy groups -OCH3 is 1. The summed E-state index contributed by atoms with van der Waals surface area (Å²) in [5, 5.41) is 3.33. The molecule has 1 amide bonds. The van der Waals surface area contributed by atoms with Gasteiger partial charge in [-0.1, -0.05) is 45.7 Å². The number of hydrogen-bond acceptors (Lipinski definition) is 2. The van der Waals surface area contributed by atoms with Crippen molar-refractivity contribution in [3.63, 3.8) is 0 Å². The summed E-state index contributed by atoms with van der Waals surface area (Å²) in [6.45, 7) is 0.602. The first-order chi connectivity index (χ1) is 10.1. The Morgan fingerprint density at radius 2 is 2.05 bits per heavy atom. The molecule has 110 valence electrons. The highest BCUT2D eigenvalue weighted by atomic mass is 79.9. The van der Waals surface area contributed by atoms with Crippen LogP contribution in [0.1, 0.15) is 15.9 Å². The van der Waals surface area contributed by atoms with E-state index in [1.807, 2.05) is 24.3 Å². The predicted molar refractivity (Wildman–Crippen MR) is 89.1 cm³/mol. The van der Waals surface area contributed by atoms with E-state index < -0.39 is 0 Å². The number of nitrogens with one attached hydrogen (secondary N) is 1. The molecule has 0 heterocycles. The number of rotatable bonds is 5. The first-order valence-electron chi connectivity index (χ1n) is 6.45. The fraction of sp³-hybridized carbons (Fsp3) is 0.188. The lowest BCUT2D eigenvalue weighted by molar-refractivity contribution is 0.102. The van der Waals surface area contributed by atoms with Gasteiger partial charge in [0.05, 0.1) is 17.2 Å². The van der Waals surface area contributed by atoms with E-state index >= 15 is 0 Å². The second-order valence-electron chi connectivity index (χ2n) is 4.48. The van der Waals surface area contributed by atoms with Crippen LogP contribution in [-0.4, -0.2) is 19.6 Å². The zero-order valence-electron chi connectivity index (χ0n) is 11.5. The van der Waals surface area contributed by atoms with Crippen molar-refractivity contribution in [2.24, 2.45) is 0 Å². The quantitative estimate of drug-likeness (QED) is 0.841. The number of carbonyl (C=O) groups is 1. The van der Waals surface area contributed by atoms with Crippen molar-refractivity contribution in [2.75, 3.05) is 19.0 Å². The highest BCUT2D eigenvalue weighted by Gasteiger charge is 2.12. The Morgan fingerprint density at radius 3 is 2.81 bits per heavy atom. The normalized spacial score (nSPS) is 10.4. The number of hydrogen-bond donors (Lipinski definition) is 1. The Balaban J connectivity index is 2.21. The summed E-state index contributed by atoms with van der Waals surface area (Å²) >= 11 is 9.42. The number of para-hydroxylation sites is 1. The molecule has 3 nitrogen and oxygen atoms in total. The summed E-state index contributed by atoms with van der Waals surface area (Å²) in [4.78, 5) is 12.4. The molecule has 2 rings (SSSR count). The van der Waals surface area contributed by atoms with E-state index in [9.17, 15) is 4.79 Å². The summed E-state index contributed by atoms with van der Waals surface area (Å²) < 4.78 is 5.90. The van der Waals surface area contributed by atoms with Gasteiger partial charge in [0.1, 0.15) is 0 Å². The number of amides is 1. The number of benzene rings is 2. The average Bonchev–Trinajstić information content (AvgIpc) is 2.48. The lowest BCUT2D eigenvalue weighted by Crippen LogP contribution is -2.14. The van der Waals surface area contributed by atoms with Crippen molar-refractivity contribution in [3.05, 3.63) is 63.1 Å². The minimum Gasteiger partial charge on any atom is -0.384 e. The predicted octanol–water partition coefficient (Wildman–Crippen LogP) is 4.54. The zero-order chi connectivity index (χ0) is 15.2. The molecule has 0 aliphatic rings. The van der Waals surface area contributed by atoms with Gasteiger partial charge in [-0.3, -0.25) is 4.79 Å². The smallest absolute Gasteiger partial charge is 0.257 e. The van der Waals surface area contributed by atoms with Crippen LogP contribution in [0.2, 0.25) is 5.02 Å². The van der Waals surface area contributed by atoms with Crippen molar-refractivity contribution >= 4 is 39.1 Å². The van der Waals surface area contributed by atoms with Gasteiger partial charge in [0.2, 0.25) is 0 Å². The van der Waals surface area contributed by atoms with E-state index in [0.29, 0.717) is 17.2 Å². The van der Waals surface area contributed by atoms with Gasteiger partial charge in [-0.05, 0) is 36.2 Å². The second kappa shape index (κ2) is 7.59. The third kappa shape index (κ3) is 4.30. The molecule has 0 atom stereocenters. The molecule has 0 spiro atoms. The summed E-state index contributed by atoms with van der Waals surface area (Å²) in [6, 6.07) is 12.9. The molecule has 21 heavy (non-hydrogen) atoms. The van der Waals surface area contributed by atoms with Gasteiger partial charge in [0.15, 0.2) is 0 Å². The molecular weight excluding hydrogens is 354 g/mol. The highest BCUT2D eigenvalue weighted by molar-refractivity contribution is 9.10. The molecule has 0 radical (unpaired) electrons. The summed E-state index contributed by atoms with van der Waals surface area (Å²) in [5.41, 5.74) is 2.24. The summed E-state index contributed by atoms with van der Waals surface area (Å²) in [5.74, 6) is -0.230. The van der Waals surface area contributed by atoms with Crippen LogP contribution in [0.25, 0.3) is 0 Å². The lowest BCUT2D eigenvalue weighted by Gasteiger charge is -2.11. The maximum Gasteiger partial charge on any atom is 0.257 e. The Hall–Kier alpha value is -1.36. The first-order valence-corrected chi connectivity index (χ1v) is 7.62. The van der Waals surface area contributed by atoms with E-state index in [-0.39, 0.29) is 5.91 Å². The second-order valence-corrected chi connectivity index (χ2v) is 5.80. The van der Waals surface area contributed by atoms with Crippen LogP contribution in [0.5, 0.6) is 0 Å². The van der Waals surface area contributed by atoms with E-state index in [0.717, 1.165) is 22.1 Å². The van der Waals surface area contributed by atoms with Crippen molar-refractivity contribution in [1.82, 2.24) is 0 Å². The fourth-order valence-corrected chi connectivity index (χ4v) is 2.50. The lowest BCUT2D eigenvalue weighted by atomic mass is 10.1. The molecule has 0 unspecified atom stereocenters. The van der Waals surface area contributed by atoms with Crippen LogP contribution in [0.4, 0.5) is 5.69 Å². The third-order valence-electron chi connectivity index (χ3n) is 3.01. The molecule has 5 heteroatoms. The van der Waals surface area contributed by atoms with Gasteiger partial charge in [-0.2, -0.15) is 0 Å². The average molecular weight is 369 g/mol. The Labute approximate surface area is 137 Å². The third-order valence-corrected chi connectivity index (χ3v) is 3.84. The number of anilines is 1. The van der Waals surface area contributed by atoms with Crippen LogP contribution < -0.4 is 5.32 Å². The Bertz CT molecular complexity index is 646. The molecule has 1 N–H and O–H groups in total. The topological polar surface area (TPSA) is 38.3 Å². The molecule has 0 aromatic heterocycles. The van der Waals surface area contributed by atoms with E-state index in [1.54, 1.807) is 25.3 Å². The van der Waals surface area contributed by atoms with Gasteiger partial charge in [0.25, 0.3) is 5.91 Å². The largest absolute Gasteiger partial charge is 0.384 e. The number of halogens is 2. The maximum absolute atomic E-state index is 12.4. The molecular formula is C16H15BrClNO2. The molecule has 2 aromatic rings.